The molecule has 0 saturated carbocycles. The van der Waals surface area contributed by atoms with Gasteiger partial charge in [-0.1, -0.05) is 0 Å². The van der Waals surface area contributed by atoms with Crippen molar-refractivity contribution in [3.8, 4) is 11.5 Å². The van der Waals surface area contributed by atoms with Gasteiger partial charge in [0.25, 0.3) is 0 Å². The first-order valence-corrected chi connectivity index (χ1v) is 10.1. The van der Waals surface area contributed by atoms with Crippen molar-refractivity contribution in [3.63, 3.8) is 0 Å². The van der Waals surface area contributed by atoms with Gasteiger partial charge in [-0.15, -0.1) is 0 Å². The standard InChI is InChI=1S/C17H27N3O5S/c1-18-12-13-5-4-10-20(13)17(21)8-9-19-26(22,23)14-6-7-15(24-2)16(11-14)25-3/h6-7,11,13,18-19H,4-5,8-10,12H2,1-3H3. The normalized spacial score (nSPS) is 17.3. The third-order valence-electron chi connectivity index (χ3n) is 4.43. The lowest BCUT2D eigenvalue weighted by Gasteiger charge is -2.24. The first-order valence-electron chi connectivity index (χ1n) is 8.58. The summed E-state index contributed by atoms with van der Waals surface area (Å²) in [5.74, 6) is 0.752. The Hall–Kier alpha value is -1.84. The monoisotopic (exact) mass is 385 g/mol. The maximum atomic E-state index is 12.4. The number of carbonyl (C=O) groups excluding carboxylic acids is 1. The Bertz CT molecular complexity index is 723. The molecule has 2 N–H and O–H groups in total. The molecule has 26 heavy (non-hydrogen) atoms. The number of likely N-dealkylation sites (N-methyl/N-ethyl adjacent to an activating group) is 1. The summed E-state index contributed by atoms with van der Waals surface area (Å²) in [5.41, 5.74) is 0. The summed E-state index contributed by atoms with van der Waals surface area (Å²) < 4.78 is 37.6. The predicted octanol–water partition coefficient (Wildman–Crippen LogP) is 0.583. The van der Waals surface area contributed by atoms with E-state index in [4.69, 9.17) is 9.47 Å². The molecule has 1 aromatic carbocycles. The molecule has 1 aliphatic heterocycles. The SMILES string of the molecule is CNCC1CCCN1C(=O)CCNS(=O)(=O)c1ccc(OC)c(OC)c1. The fourth-order valence-electron chi connectivity index (χ4n) is 3.11. The number of sulfonamides is 1. The average molecular weight is 385 g/mol. The average Bonchev–Trinajstić information content (AvgIpc) is 3.09. The number of nitrogens with one attached hydrogen (secondary N) is 2. The van der Waals surface area contributed by atoms with Gasteiger partial charge in [0.15, 0.2) is 11.5 Å². The van der Waals surface area contributed by atoms with Crippen molar-refractivity contribution >= 4 is 15.9 Å². The third kappa shape index (κ3) is 4.87. The van der Waals surface area contributed by atoms with Gasteiger partial charge in [-0.05, 0) is 32.0 Å². The number of ether oxygens (including phenoxy) is 2. The number of benzene rings is 1. The van der Waals surface area contributed by atoms with Crippen LogP contribution in [0.2, 0.25) is 0 Å². The van der Waals surface area contributed by atoms with E-state index >= 15 is 0 Å². The zero-order chi connectivity index (χ0) is 19.2. The van der Waals surface area contributed by atoms with Crippen LogP contribution in [0.4, 0.5) is 0 Å². The second-order valence-electron chi connectivity index (χ2n) is 6.11. The van der Waals surface area contributed by atoms with Crippen LogP contribution in [0.1, 0.15) is 19.3 Å². The van der Waals surface area contributed by atoms with Crippen molar-refractivity contribution in [1.29, 1.82) is 0 Å². The minimum absolute atomic E-state index is 0.0299. The third-order valence-corrected chi connectivity index (χ3v) is 5.89. The number of methoxy groups -OCH3 is 2. The van der Waals surface area contributed by atoms with Crippen molar-refractivity contribution in [2.24, 2.45) is 0 Å². The van der Waals surface area contributed by atoms with Gasteiger partial charge in [0.05, 0.1) is 19.1 Å². The molecule has 0 aromatic heterocycles. The lowest BCUT2D eigenvalue weighted by molar-refractivity contribution is -0.131. The Labute approximate surface area is 154 Å². The highest BCUT2D eigenvalue weighted by Gasteiger charge is 2.28. The summed E-state index contributed by atoms with van der Waals surface area (Å²) in [6, 6.07) is 4.56. The van der Waals surface area contributed by atoms with Crippen LogP contribution >= 0.6 is 0 Å². The molecule has 1 unspecified atom stereocenters. The van der Waals surface area contributed by atoms with Crippen molar-refractivity contribution in [2.45, 2.75) is 30.2 Å². The summed E-state index contributed by atoms with van der Waals surface area (Å²) in [6.45, 7) is 1.54. The van der Waals surface area contributed by atoms with E-state index in [1.807, 2.05) is 11.9 Å². The molecule has 1 aliphatic rings. The van der Waals surface area contributed by atoms with Crippen LogP contribution in [-0.2, 0) is 14.8 Å². The highest BCUT2D eigenvalue weighted by atomic mass is 32.2. The van der Waals surface area contributed by atoms with Crippen molar-refractivity contribution in [3.05, 3.63) is 18.2 Å². The van der Waals surface area contributed by atoms with Crippen molar-refractivity contribution in [1.82, 2.24) is 14.9 Å². The van der Waals surface area contributed by atoms with Crippen LogP contribution in [0.15, 0.2) is 23.1 Å². The minimum Gasteiger partial charge on any atom is -0.493 e. The van der Waals surface area contributed by atoms with E-state index in [0.29, 0.717) is 11.5 Å². The summed E-state index contributed by atoms with van der Waals surface area (Å²) in [5, 5.41) is 3.09. The van der Waals surface area contributed by atoms with Gasteiger partial charge in [-0.3, -0.25) is 4.79 Å². The number of hydrogen-bond acceptors (Lipinski definition) is 6. The van der Waals surface area contributed by atoms with E-state index in [2.05, 4.69) is 10.0 Å². The molecule has 8 nitrogen and oxygen atoms in total. The van der Waals surface area contributed by atoms with Gasteiger partial charge in [0.2, 0.25) is 15.9 Å². The molecule has 9 heteroatoms. The number of amides is 1. The molecule has 0 radical (unpaired) electrons. The largest absolute Gasteiger partial charge is 0.493 e. The fraction of sp³-hybridized carbons (Fsp3) is 0.588. The number of rotatable bonds is 9. The molecule has 1 fully saturated rings. The number of nitrogens with zero attached hydrogens (tertiary/aromatic N) is 1. The fourth-order valence-corrected chi connectivity index (χ4v) is 4.16. The van der Waals surface area contributed by atoms with Gasteiger partial charge in [-0.2, -0.15) is 0 Å². The van der Waals surface area contributed by atoms with Crippen LogP contribution in [0.25, 0.3) is 0 Å². The molecule has 1 aromatic rings. The Balaban J connectivity index is 1.95. The van der Waals surface area contributed by atoms with E-state index in [1.165, 1.54) is 32.4 Å². The Morgan fingerprint density at radius 2 is 2.00 bits per heavy atom. The van der Waals surface area contributed by atoms with Crippen LogP contribution < -0.4 is 19.5 Å². The van der Waals surface area contributed by atoms with Gasteiger partial charge >= 0.3 is 0 Å². The highest BCUT2D eigenvalue weighted by molar-refractivity contribution is 7.89. The predicted molar refractivity (Wildman–Crippen MR) is 98.0 cm³/mol. The minimum atomic E-state index is -3.73. The number of hydrogen-bond donors (Lipinski definition) is 2. The first kappa shape index (κ1) is 20.5. The van der Waals surface area contributed by atoms with Crippen molar-refractivity contribution in [2.75, 3.05) is 40.9 Å². The van der Waals surface area contributed by atoms with Crippen LogP contribution in [0, 0.1) is 0 Å². The van der Waals surface area contributed by atoms with Gasteiger partial charge in [-0.25, -0.2) is 13.1 Å². The lowest BCUT2D eigenvalue weighted by Crippen LogP contribution is -2.42. The second-order valence-corrected chi connectivity index (χ2v) is 7.87. The molecule has 1 heterocycles. The van der Waals surface area contributed by atoms with E-state index in [0.717, 1.165) is 25.9 Å². The second kappa shape index (κ2) is 9.20. The Morgan fingerprint density at radius 1 is 1.27 bits per heavy atom. The molecule has 0 aliphatic carbocycles. The zero-order valence-corrected chi connectivity index (χ0v) is 16.3. The molecule has 2 rings (SSSR count). The summed E-state index contributed by atoms with van der Waals surface area (Å²) in [4.78, 5) is 14.3. The molecular formula is C17H27N3O5S. The quantitative estimate of drug-likeness (QED) is 0.646. The Kier molecular flexibility index (Phi) is 7.24. The molecule has 1 atom stereocenters. The molecule has 1 saturated heterocycles. The molecule has 0 spiro atoms. The van der Waals surface area contributed by atoms with E-state index in [9.17, 15) is 13.2 Å². The van der Waals surface area contributed by atoms with Crippen molar-refractivity contribution < 1.29 is 22.7 Å². The maximum absolute atomic E-state index is 12.4. The molecule has 1 amide bonds. The lowest BCUT2D eigenvalue weighted by atomic mass is 10.2. The van der Waals surface area contributed by atoms with Crippen LogP contribution in [0.3, 0.4) is 0 Å². The van der Waals surface area contributed by atoms with Gasteiger partial charge in [0.1, 0.15) is 0 Å². The van der Waals surface area contributed by atoms with Gasteiger partial charge in [0, 0.05) is 38.2 Å². The Morgan fingerprint density at radius 3 is 2.65 bits per heavy atom. The molecule has 0 bridgehead atoms. The molecular weight excluding hydrogens is 358 g/mol. The number of likely N-dealkylation sites (tertiary alicyclic amines) is 1. The topological polar surface area (TPSA) is 97.0 Å². The highest BCUT2D eigenvalue weighted by Crippen LogP contribution is 2.29. The smallest absolute Gasteiger partial charge is 0.240 e. The van der Waals surface area contributed by atoms with Crippen LogP contribution in [0.5, 0.6) is 11.5 Å². The van der Waals surface area contributed by atoms with Crippen LogP contribution in [-0.4, -0.2) is 66.2 Å². The van der Waals surface area contributed by atoms with E-state index < -0.39 is 10.0 Å². The van der Waals surface area contributed by atoms with Gasteiger partial charge < -0.3 is 19.7 Å². The summed E-state index contributed by atoms with van der Waals surface area (Å²) in [7, 11) is 1.05. The maximum Gasteiger partial charge on any atom is 0.240 e. The summed E-state index contributed by atoms with van der Waals surface area (Å²) >= 11 is 0. The molecule has 146 valence electrons. The summed E-state index contributed by atoms with van der Waals surface area (Å²) in [6.07, 6.45) is 2.09. The van der Waals surface area contributed by atoms with E-state index in [1.54, 1.807) is 0 Å². The van der Waals surface area contributed by atoms with E-state index in [-0.39, 0.29) is 29.8 Å². The first-order chi connectivity index (χ1) is 12.4. The zero-order valence-electron chi connectivity index (χ0n) is 15.4. The number of carbonyl (C=O) groups is 1.